The van der Waals surface area contributed by atoms with Crippen molar-refractivity contribution < 1.29 is 9.21 Å². The highest BCUT2D eigenvalue weighted by Gasteiger charge is 2.11. The molecule has 1 N–H and O–H groups in total. The van der Waals surface area contributed by atoms with Crippen molar-refractivity contribution in [1.29, 1.82) is 0 Å². The molecule has 3 heteroatoms. The first-order valence-electron chi connectivity index (χ1n) is 6.38. The molecule has 0 radical (unpaired) electrons. The SMILES string of the molecule is CCc1ccc2occ(CC(=O)NC(C)C)c2c1. The lowest BCUT2D eigenvalue weighted by atomic mass is 10.1. The molecular weight excluding hydrogens is 226 g/mol. The molecule has 1 amide bonds. The Kier molecular flexibility index (Phi) is 3.70. The second-order valence-corrected chi connectivity index (χ2v) is 4.84. The van der Waals surface area contributed by atoms with Crippen molar-refractivity contribution in [3.63, 3.8) is 0 Å². The van der Waals surface area contributed by atoms with Gasteiger partial charge in [-0.1, -0.05) is 13.0 Å². The van der Waals surface area contributed by atoms with E-state index in [1.807, 2.05) is 19.9 Å². The molecule has 2 aromatic rings. The largest absolute Gasteiger partial charge is 0.464 e. The summed E-state index contributed by atoms with van der Waals surface area (Å²) in [6.07, 6.45) is 3.04. The van der Waals surface area contributed by atoms with Gasteiger partial charge in [0.05, 0.1) is 12.7 Å². The van der Waals surface area contributed by atoms with E-state index < -0.39 is 0 Å². The number of amides is 1. The van der Waals surface area contributed by atoms with Crippen molar-refractivity contribution in [3.05, 3.63) is 35.6 Å². The van der Waals surface area contributed by atoms with E-state index >= 15 is 0 Å². The lowest BCUT2D eigenvalue weighted by molar-refractivity contribution is -0.120. The summed E-state index contributed by atoms with van der Waals surface area (Å²) in [5.74, 6) is 0.0367. The predicted octanol–water partition coefficient (Wildman–Crippen LogP) is 3.06. The fraction of sp³-hybridized carbons (Fsp3) is 0.400. The zero-order chi connectivity index (χ0) is 13.1. The number of fused-ring (bicyclic) bond motifs is 1. The van der Waals surface area contributed by atoms with E-state index in [4.69, 9.17) is 4.42 Å². The number of carbonyl (C=O) groups is 1. The molecule has 18 heavy (non-hydrogen) atoms. The monoisotopic (exact) mass is 245 g/mol. The first kappa shape index (κ1) is 12.7. The van der Waals surface area contributed by atoms with E-state index in [1.165, 1.54) is 5.56 Å². The zero-order valence-corrected chi connectivity index (χ0v) is 11.1. The van der Waals surface area contributed by atoms with E-state index in [-0.39, 0.29) is 11.9 Å². The van der Waals surface area contributed by atoms with Gasteiger partial charge in [0.2, 0.25) is 5.91 Å². The van der Waals surface area contributed by atoms with Crippen molar-refractivity contribution in [2.45, 2.75) is 39.7 Å². The van der Waals surface area contributed by atoms with Crippen LogP contribution in [-0.2, 0) is 17.6 Å². The highest BCUT2D eigenvalue weighted by Crippen LogP contribution is 2.23. The number of hydrogen-bond acceptors (Lipinski definition) is 2. The van der Waals surface area contributed by atoms with Gasteiger partial charge < -0.3 is 9.73 Å². The molecule has 1 aromatic carbocycles. The Hall–Kier alpha value is -1.77. The minimum atomic E-state index is 0.0367. The molecule has 0 aliphatic carbocycles. The molecule has 0 unspecified atom stereocenters. The number of rotatable bonds is 4. The predicted molar refractivity (Wildman–Crippen MR) is 72.6 cm³/mol. The van der Waals surface area contributed by atoms with Gasteiger partial charge in [0.1, 0.15) is 5.58 Å². The molecule has 1 heterocycles. The molecule has 3 nitrogen and oxygen atoms in total. The minimum absolute atomic E-state index is 0.0367. The maximum absolute atomic E-state index is 11.8. The Labute approximate surface area is 107 Å². The number of furan rings is 1. The third kappa shape index (κ3) is 2.73. The van der Waals surface area contributed by atoms with Crippen LogP contribution in [0.15, 0.2) is 28.9 Å². The van der Waals surface area contributed by atoms with Crippen LogP contribution in [0.5, 0.6) is 0 Å². The average molecular weight is 245 g/mol. The lowest BCUT2D eigenvalue weighted by Crippen LogP contribution is -2.31. The van der Waals surface area contributed by atoms with Gasteiger partial charge >= 0.3 is 0 Å². The zero-order valence-electron chi connectivity index (χ0n) is 11.1. The summed E-state index contributed by atoms with van der Waals surface area (Å²) in [7, 11) is 0. The quantitative estimate of drug-likeness (QED) is 0.899. The van der Waals surface area contributed by atoms with Gasteiger partial charge in [-0.2, -0.15) is 0 Å². The molecule has 0 aliphatic heterocycles. The fourth-order valence-corrected chi connectivity index (χ4v) is 2.03. The van der Waals surface area contributed by atoms with Gasteiger partial charge in [0, 0.05) is 17.0 Å². The molecule has 2 rings (SSSR count). The number of hydrogen-bond donors (Lipinski definition) is 1. The van der Waals surface area contributed by atoms with Crippen molar-refractivity contribution in [2.24, 2.45) is 0 Å². The van der Waals surface area contributed by atoms with Gasteiger partial charge in [-0.3, -0.25) is 4.79 Å². The van der Waals surface area contributed by atoms with E-state index in [0.717, 1.165) is 23.0 Å². The van der Waals surface area contributed by atoms with Crippen LogP contribution in [-0.4, -0.2) is 11.9 Å². The molecule has 1 aromatic heterocycles. The Balaban J connectivity index is 2.25. The minimum Gasteiger partial charge on any atom is -0.464 e. The van der Waals surface area contributed by atoms with Crippen molar-refractivity contribution in [2.75, 3.05) is 0 Å². The average Bonchev–Trinajstić information content (AvgIpc) is 2.70. The normalized spacial score (nSPS) is 11.1. The second kappa shape index (κ2) is 5.25. The van der Waals surface area contributed by atoms with Gasteiger partial charge in [0.25, 0.3) is 0 Å². The molecule has 0 spiro atoms. The van der Waals surface area contributed by atoms with E-state index in [2.05, 4.69) is 24.4 Å². The third-order valence-electron chi connectivity index (χ3n) is 2.93. The Morgan fingerprint density at radius 2 is 2.17 bits per heavy atom. The van der Waals surface area contributed by atoms with Crippen LogP contribution in [0.1, 0.15) is 31.9 Å². The molecular formula is C15H19NO2. The summed E-state index contributed by atoms with van der Waals surface area (Å²) in [5, 5.41) is 3.94. The van der Waals surface area contributed by atoms with Gasteiger partial charge in [-0.05, 0) is 38.0 Å². The van der Waals surface area contributed by atoms with Crippen LogP contribution in [0.2, 0.25) is 0 Å². The topological polar surface area (TPSA) is 42.2 Å². The van der Waals surface area contributed by atoms with Crippen LogP contribution >= 0.6 is 0 Å². The maximum atomic E-state index is 11.8. The molecule has 0 bridgehead atoms. The van der Waals surface area contributed by atoms with Crippen LogP contribution in [0.4, 0.5) is 0 Å². The molecule has 96 valence electrons. The highest BCUT2D eigenvalue weighted by molar-refractivity contribution is 5.88. The summed E-state index contributed by atoms with van der Waals surface area (Å²) in [6.45, 7) is 6.04. The van der Waals surface area contributed by atoms with Gasteiger partial charge in [-0.15, -0.1) is 0 Å². The summed E-state index contributed by atoms with van der Waals surface area (Å²) in [6, 6.07) is 6.31. The van der Waals surface area contributed by atoms with Crippen molar-refractivity contribution in [3.8, 4) is 0 Å². The smallest absolute Gasteiger partial charge is 0.224 e. The Morgan fingerprint density at radius 1 is 1.39 bits per heavy atom. The number of carbonyl (C=O) groups excluding carboxylic acids is 1. The molecule has 0 atom stereocenters. The molecule has 0 saturated heterocycles. The van der Waals surface area contributed by atoms with Gasteiger partial charge in [-0.25, -0.2) is 0 Å². The first-order valence-corrected chi connectivity index (χ1v) is 6.38. The molecule has 0 fully saturated rings. The summed E-state index contributed by atoms with van der Waals surface area (Å²) < 4.78 is 5.47. The summed E-state index contributed by atoms with van der Waals surface area (Å²) >= 11 is 0. The maximum Gasteiger partial charge on any atom is 0.224 e. The highest BCUT2D eigenvalue weighted by atomic mass is 16.3. The van der Waals surface area contributed by atoms with E-state index in [0.29, 0.717) is 6.42 Å². The Morgan fingerprint density at radius 3 is 2.83 bits per heavy atom. The van der Waals surface area contributed by atoms with Crippen LogP contribution in [0, 0.1) is 0 Å². The van der Waals surface area contributed by atoms with Crippen molar-refractivity contribution in [1.82, 2.24) is 5.32 Å². The van der Waals surface area contributed by atoms with E-state index in [1.54, 1.807) is 6.26 Å². The van der Waals surface area contributed by atoms with E-state index in [9.17, 15) is 4.79 Å². The van der Waals surface area contributed by atoms with Gasteiger partial charge in [0.15, 0.2) is 0 Å². The number of nitrogens with one attached hydrogen (secondary N) is 1. The number of benzene rings is 1. The summed E-state index contributed by atoms with van der Waals surface area (Å²) in [4.78, 5) is 11.8. The second-order valence-electron chi connectivity index (χ2n) is 4.84. The van der Waals surface area contributed by atoms with Crippen molar-refractivity contribution >= 4 is 16.9 Å². The molecule has 0 saturated carbocycles. The lowest BCUT2D eigenvalue weighted by Gasteiger charge is -2.07. The molecule has 0 aliphatic rings. The standard InChI is InChI=1S/C15H19NO2/c1-4-11-5-6-14-13(7-11)12(9-18-14)8-15(17)16-10(2)3/h5-7,9-10H,4,8H2,1-3H3,(H,16,17). The first-order chi connectivity index (χ1) is 8.60. The van der Waals surface area contributed by atoms with Crippen LogP contribution in [0.25, 0.3) is 11.0 Å². The Bertz CT molecular complexity index is 555. The fourth-order valence-electron chi connectivity index (χ4n) is 2.03. The number of aryl methyl sites for hydroxylation is 1. The van der Waals surface area contributed by atoms with Crippen LogP contribution < -0.4 is 5.32 Å². The van der Waals surface area contributed by atoms with Crippen LogP contribution in [0.3, 0.4) is 0 Å². The third-order valence-corrected chi connectivity index (χ3v) is 2.93. The summed E-state index contributed by atoms with van der Waals surface area (Å²) in [5.41, 5.74) is 3.06.